The predicted molar refractivity (Wildman–Crippen MR) is 115 cm³/mol. The first-order chi connectivity index (χ1) is 14.6. The quantitative estimate of drug-likeness (QED) is 0.471. The van der Waals surface area contributed by atoms with Gasteiger partial charge in [-0.1, -0.05) is 30.3 Å². The Morgan fingerprint density at radius 2 is 1.77 bits per heavy atom. The van der Waals surface area contributed by atoms with Crippen LogP contribution >= 0.6 is 0 Å². The molecule has 1 N–H and O–H groups in total. The highest BCUT2D eigenvalue weighted by Gasteiger charge is 2.18. The first-order valence-corrected chi connectivity index (χ1v) is 11.1. The average Bonchev–Trinajstić information content (AvgIpc) is 3.11. The molecule has 4 aromatic rings. The fourth-order valence-corrected chi connectivity index (χ4v) is 4.18. The van der Waals surface area contributed by atoms with Gasteiger partial charge in [-0.2, -0.15) is 0 Å². The van der Waals surface area contributed by atoms with E-state index in [4.69, 9.17) is 4.74 Å². The summed E-state index contributed by atoms with van der Waals surface area (Å²) in [5, 5.41) is 0. The third-order valence-corrected chi connectivity index (χ3v) is 6.05. The second-order valence-electron chi connectivity index (χ2n) is 6.67. The van der Waals surface area contributed by atoms with E-state index >= 15 is 0 Å². The molecule has 0 saturated carbocycles. The highest BCUT2D eigenvalue weighted by molar-refractivity contribution is 7.89. The summed E-state index contributed by atoms with van der Waals surface area (Å²) in [5.74, 6) is 1.23. The molecular weight excluding hydrogens is 400 g/mol. The number of nitrogens with one attached hydrogen (secondary N) is 1. The molecule has 0 atom stereocenters. The monoisotopic (exact) mass is 422 g/mol. The van der Waals surface area contributed by atoms with Crippen molar-refractivity contribution in [1.82, 2.24) is 19.3 Å². The molecule has 4 rings (SSSR count). The van der Waals surface area contributed by atoms with Crippen molar-refractivity contribution in [1.29, 1.82) is 0 Å². The molecule has 30 heavy (non-hydrogen) atoms. The van der Waals surface area contributed by atoms with Crippen LogP contribution in [0.4, 0.5) is 0 Å². The molecule has 0 aliphatic rings. The number of hydrogen-bond acceptors (Lipinski definition) is 5. The number of ether oxygens (including phenoxy) is 1. The van der Waals surface area contributed by atoms with E-state index in [0.29, 0.717) is 24.7 Å². The van der Waals surface area contributed by atoms with Gasteiger partial charge in [0.1, 0.15) is 17.1 Å². The van der Waals surface area contributed by atoms with Crippen LogP contribution in [0.5, 0.6) is 5.75 Å². The number of benzene rings is 2. The number of nitrogens with zero attached hydrogens (tertiary/aromatic N) is 3. The van der Waals surface area contributed by atoms with Crippen molar-refractivity contribution in [3.05, 3.63) is 84.3 Å². The summed E-state index contributed by atoms with van der Waals surface area (Å²) in [5.41, 5.74) is 2.53. The van der Waals surface area contributed by atoms with Crippen LogP contribution in [0.1, 0.15) is 18.3 Å². The maximum absolute atomic E-state index is 12.8. The van der Waals surface area contributed by atoms with E-state index in [1.165, 1.54) is 12.1 Å². The standard InChI is InChI=1S/C22H22N4O3S/c1-2-29-18-10-12-19(13-11-18)30(27,28)24-15-21-25-20-9-6-14-23-22(20)26(21)16-17-7-4-3-5-8-17/h3-14,24H,2,15-16H2,1H3. The number of fused-ring (bicyclic) bond motifs is 1. The molecule has 0 radical (unpaired) electrons. The SMILES string of the molecule is CCOc1ccc(S(=O)(=O)NCc2nc3cccnc3n2Cc2ccccc2)cc1. The molecule has 0 amide bonds. The van der Waals surface area contributed by atoms with Crippen molar-refractivity contribution >= 4 is 21.2 Å². The molecule has 0 saturated heterocycles. The van der Waals surface area contributed by atoms with Gasteiger partial charge in [-0.25, -0.2) is 23.1 Å². The lowest BCUT2D eigenvalue weighted by Crippen LogP contribution is -2.25. The number of sulfonamides is 1. The van der Waals surface area contributed by atoms with Crippen LogP contribution in [-0.4, -0.2) is 29.6 Å². The van der Waals surface area contributed by atoms with Crippen molar-refractivity contribution in [2.75, 3.05) is 6.61 Å². The normalized spacial score (nSPS) is 11.6. The van der Waals surface area contributed by atoms with Crippen molar-refractivity contribution in [3.63, 3.8) is 0 Å². The van der Waals surface area contributed by atoms with Crippen LogP contribution in [0.15, 0.2) is 77.8 Å². The molecule has 0 unspecified atom stereocenters. The van der Waals surface area contributed by atoms with Crippen molar-refractivity contribution in [2.24, 2.45) is 0 Å². The van der Waals surface area contributed by atoms with Crippen LogP contribution in [0, 0.1) is 0 Å². The van der Waals surface area contributed by atoms with E-state index in [9.17, 15) is 8.42 Å². The molecule has 2 heterocycles. The Balaban J connectivity index is 1.59. The lowest BCUT2D eigenvalue weighted by molar-refractivity contribution is 0.340. The Kier molecular flexibility index (Phi) is 5.78. The number of imidazole rings is 1. The Bertz CT molecular complexity index is 1240. The van der Waals surface area contributed by atoms with Crippen LogP contribution in [0.3, 0.4) is 0 Å². The summed E-state index contributed by atoms with van der Waals surface area (Å²) >= 11 is 0. The first kappa shape index (κ1) is 20.1. The number of aromatic nitrogens is 3. The molecule has 0 spiro atoms. The second-order valence-corrected chi connectivity index (χ2v) is 8.44. The molecule has 0 bridgehead atoms. The molecule has 0 aliphatic carbocycles. The summed E-state index contributed by atoms with van der Waals surface area (Å²) in [6.45, 7) is 3.01. The summed E-state index contributed by atoms with van der Waals surface area (Å²) in [6.07, 6.45) is 1.71. The van der Waals surface area contributed by atoms with E-state index in [2.05, 4.69) is 14.7 Å². The molecular formula is C22H22N4O3S. The largest absolute Gasteiger partial charge is 0.494 e. The second kappa shape index (κ2) is 8.64. The molecule has 2 aromatic carbocycles. The van der Waals surface area contributed by atoms with Crippen LogP contribution in [0.2, 0.25) is 0 Å². The molecule has 8 heteroatoms. The van der Waals surface area contributed by atoms with Crippen LogP contribution in [0.25, 0.3) is 11.2 Å². The maximum atomic E-state index is 12.8. The highest BCUT2D eigenvalue weighted by atomic mass is 32.2. The summed E-state index contributed by atoms with van der Waals surface area (Å²) < 4.78 is 35.5. The number of rotatable bonds is 8. The third-order valence-electron chi connectivity index (χ3n) is 4.63. The van der Waals surface area contributed by atoms with Gasteiger partial charge in [-0.3, -0.25) is 0 Å². The van der Waals surface area contributed by atoms with Gasteiger partial charge in [-0.05, 0) is 48.9 Å². The van der Waals surface area contributed by atoms with Gasteiger partial charge in [0, 0.05) is 6.20 Å². The zero-order valence-electron chi connectivity index (χ0n) is 16.5. The van der Waals surface area contributed by atoms with Crippen molar-refractivity contribution < 1.29 is 13.2 Å². The highest BCUT2D eigenvalue weighted by Crippen LogP contribution is 2.18. The molecule has 0 aliphatic heterocycles. The Labute approximate surface area is 175 Å². The number of hydrogen-bond donors (Lipinski definition) is 1. The Hall–Kier alpha value is -3.23. The minimum Gasteiger partial charge on any atom is -0.494 e. The van der Waals surface area contributed by atoms with Crippen LogP contribution in [-0.2, 0) is 23.1 Å². The van der Waals surface area contributed by atoms with Gasteiger partial charge in [0.05, 0.1) is 24.6 Å². The van der Waals surface area contributed by atoms with Crippen molar-refractivity contribution in [2.45, 2.75) is 24.9 Å². The zero-order chi connectivity index (χ0) is 21.0. The van der Waals surface area contributed by atoms with E-state index in [-0.39, 0.29) is 11.4 Å². The van der Waals surface area contributed by atoms with Crippen LogP contribution < -0.4 is 9.46 Å². The molecule has 154 valence electrons. The minimum atomic E-state index is -3.70. The number of pyridine rings is 1. The fraction of sp³-hybridized carbons (Fsp3) is 0.182. The minimum absolute atomic E-state index is 0.0543. The first-order valence-electron chi connectivity index (χ1n) is 9.63. The lowest BCUT2D eigenvalue weighted by atomic mass is 10.2. The Morgan fingerprint density at radius 1 is 1.00 bits per heavy atom. The van der Waals surface area contributed by atoms with E-state index in [0.717, 1.165) is 16.7 Å². The van der Waals surface area contributed by atoms with Gasteiger partial charge in [0.2, 0.25) is 10.0 Å². The van der Waals surface area contributed by atoms with Gasteiger partial charge in [0.25, 0.3) is 0 Å². The van der Waals surface area contributed by atoms with Gasteiger partial charge in [0.15, 0.2) is 5.65 Å². The molecule has 0 fully saturated rings. The summed E-state index contributed by atoms with van der Waals surface area (Å²) in [6, 6.07) is 20.0. The van der Waals surface area contributed by atoms with Gasteiger partial charge < -0.3 is 9.30 Å². The predicted octanol–water partition coefficient (Wildman–Crippen LogP) is 3.36. The smallest absolute Gasteiger partial charge is 0.240 e. The lowest BCUT2D eigenvalue weighted by Gasteiger charge is -2.11. The third kappa shape index (κ3) is 4.34. The zero-order valence-corrected chi connectivity index (χ0v) is 17.3. The summed E-state index contributed by atoms with van der Waals surface area (Å²) in [7, 11) is -3.70. The van der Waals surface area contributed by atoms with Gasteiger partial charge in [-0.15, -0.1) is 0 Å². The van der Waals surface area contributed by atoms with Gasteiger partial charge >= 0.3 is 0 Å². The maximum Gasteiger partial charge on any atom is 0.240 e. The molecule has 7 nitrogen and oxygen atoms in total. The van der Waals surface area contributed by atoms with E-state index in [1.54, 1.807) is 18.3 Å². The summed E-state index contributed by atoms with van der Waals surface area (Å²) in [4.78, 5) is 9.21. The van der Waals surface area contributed by atoms with E-state index in [1.807, 2.05) is 54.0 Å². The topological polar surface area (TPSA) is 86.1 Å². The molecule has 2 aromatic heterocycles. The van der Waals surface area contributed by atoms with Crippen molar-refractivity contribution in [3.8, 4) is 5.75 Å². The van der Waals surface area contributed by atoms with E-state index < -0.39 is 10.0 Å². The average molecular weight is 423 g/mol. The Morgan fingerprint density at radius 3 is 2.50 bits per heavy atom. The fourth-order valence-electron chi connectivity index (χ4n) is 3.20.